The molecule has 3 aromatic rings. The predicted molar refractivity (Wildman–Crippen MR) is 122 cm³/mol. The number of amides is 1. The van der Waals surface area contributed by atoms with Crippen molar-refractivity contribution in [3.63, 3.8) is 0 Å². The molecule has 0 bridgehead atoms. The third kappa shape index (κ3) is 5.78. The fraction of sp³-hybridized carbons (Fsp3) is 0.333. The highest BCUT2D eigenvalue weighted by Crippen LogP contribution is 2.31. The molecule has 0 aliphatic carbocycles. The van der Waals surface area contributed by atoms with E-state index >= 15 is 0 Å². The molecular weight excluding hydrogens is 382 g/mol. The van der Waals surface area contributed by atoms with Gasteiger partial charge in [-0.2, -0.15) is 0 Å². The van der Waals surface area contributed by atoms with E-state index in [0.717, 1.165) is 48.1 Å². The Morgan fingerprint density at radius 2 is 1.90 bits per heavy atom. The van der Waals surface area contributed by atoms with Crippen LogP contribution in [-0.2, 0) is 17.6 Å². The average Bonchev–Trinajstić information content (AvgIpc) is 2.74. The van der Waals surface area contributed by atoms with Crippen LogP contribution in [0.3, 0.4) is 0 Å². The zero-order valence-corrected chi connectivity index (χ0v) is 17.8. The molecule has 1 heterocycles. The van der Waals surface area contributed by atoms with Crippen molar-refractivity contribution in [1.82, 2.24) is 10.3 Å². The molecule has 29 heavy (non-hydrogen) atoms. The summed E-state index contributed by atoms with van der Waals surface area (Å²) in [5.74, 6) is -0.208. The summed E-state index contributed by atoms with van der Waals surface area (Å²) in [4.78, 5) is 17.5. The second-order valence-corrected chi connectivity index (χ2v) is 7.74. The van der Waals surface area contributed by atoms with Gasteiger partial charge in [-0.3, -0.25) is 9.78 Å². The highest BCUT2D eigenvalue weighted by Gasteiger charge is 2.17. The van der Waals surface area contributed by atoms with Crippen LogP contribution in [0.1, 0.15) is 31.5 Å². The van der Waals surface area contributed by atoms with Crippen LogP contribution in [0.15, 0.2) is 54.6 Å². The van der Waals surface area contributed by atoms with E-state index in [0.29, 0.717) is 17.1 Å². The quantitative estimate of drug-likeness (QED) is 0.474. The molecule has 1 amide bonds. The highest BCUT2D eigenvalue weighted by atomic mass is 35.5. The Balaban J connectivity index is 1.74. The average molecular weight is 410 g/mol. The Morgan fingerprint density at radius 3 is 2.66 bits per heavy atom. The van der Waals surface area contributed by atoms with Gasteiger partial charge in [0.05, 0.1) is 16.2 Å². The predicted octanol–water partition coefficient (Wildman–Crippen LogP) is 5.25. The van der Waals surface area contributed by atoms with Crippen LogP contribution >= 0.6 is 11.6 Å². The molecule has 0 aliphatic heterocycles. The first-order chi connectivity index (χ1) is 14.1. The number of pyridine rings is 1. The van der Waals surface area contributed by atoms with Gasteiger partial charge in [0.2, 0.25) is 5.91 Å². The van der Waals surface area contributed by atoms with Gasteiger partial charge >= 0.3 is 0 Å². The fourth-order valence-corrected chi connectivity index (χ4v) is 3.58. The maximum atomic E-state index is 12.8. The van der Waals surface area contributed by atoms with Gasteiger partial charge in [0.1, 0.15) is 0 Å². The smallest absolute Gasteiger partial charge is 0.227 e. The molecule has 0 unspecified atom stereocenters. The van der Waals surface area contributed by atoms with E-state index in [-0.39, 0.29) is 11.8 Å². The molecular formula is C24H28ClN3O. The van der Waals surface area contributed by atoms with Crippen molar-refractivity contribution in [2.75, 3.05) is 18.4 Å². The van der Waals surface area contributed by atoms with Crippen LogP contribution in [0, 0.1) is 5.92 Å². The first kappa shape index (κ1) is 21.3. The standard InChI is InChI=1S/C24H28ClN3O/c1-3-26-15-7-10-19-11-12-20-22(27-19)14-13-21(25)23(20)28-24(29)17(2)16-18-8-5-4-6-9-18/h4-6,8-9,11-14,17,26H,3,7,10,15-16H2,1-2H3,(H,28,29)/t17-/m1/s1. The van der Waals surface area contributed by atoms with Gasteiger partial charge in [0, 0.05) is 17.0 Å². The number of hydrogen-bond acceptors (Lipinski definition) is 3. The Morgan fingerprint density at radius 1 is 1.10 bits per heavy atom. The van der Waals surface area contributed by atoms with Crippen LogP contribution in [0.4, 0.5) is 5.69 Å². The molecule has 0 aliphatic rings. The number of nitrogens with zero attached hydrogens (tertiary/aromatic N) is 1. The Labute approximate surface area is 177 Å². The molecule has 0 radical (unpaired) electrons. The number of carbonyl (C=O) groups is 1. The van der Waals surface area contributed by atoms with Gasteiger partial charge in [-0.1, -0.05) is 55.8 Å². The van der Waals surface area contributed by atoms with Crippen molar-refractivity contribution in [2.24, 2.45) is 5.92 Å². The van der Waals surface area contributed by atoms with Crippen LogP contribution < -0.4 is 10.6 Å². The molecule has 0 saturated heterocycles. The molecule has 0 spiro atoms. The minimum Gasteiger partial charge on any atom is -0.324 e. The number of hydrogen-bond donors (Lipinski definition) is 2. The number of carbonyl (C=O) groups excluding carboxylic acids is 1. The maximum Gasteiger partial charge on any atom is 0.227 e. The van der Waals surface area contributed by atoms with Crippen molar-refractivity contribution >= 4 is 34.1 Å². The lowest BCUT2D eigenvalue weighted by atomic mass is 10.00. The minimum atomic E-state index is -0.165. The van der Waals surface area contributed by atoms with E-state index in [1.807, 2.05) is 55.5 Å². The van der Waals surface area contributed by atoms with Gasteiger partial charge in [0.25, 0.3) is 0 Å². The lowest BCUT2D eigenvalue weighted by molar-refractivity contribution is -0.119. The van der Waals surface area contributed by atoms with Crippen molar-refractivity contribution in [3.05, 3.63) is 70.9 Å². The summed E-state index contributed by atoms with van der Waals surface area (Å²) in [6.45, 7) is 6.00. The molecule has 152 valence electrons. The van der Waals surface area contributed by atoms with Gasteiger partial charge in [-0.15, -0.1) is 0 Å². The second kappa shape index (κ2) is 10.4. The van der Waals surface area contributed by atoms with Crippen LogP contribution in [0.25, 0.3) is 10.9 Å². The molecule has 1 aromatic heterocycles. The SMILES string of the molecule is CCNCCCc1ccc2c(NC(=O)[C@H](C)Cc3ccccc3)c(Cl)ccc2n1. The summed E-state index contributed by atoms with van der Waals surface area (Å²) >= 11 is 6.42. The summed E-state index contributed by atoms with van der Waals surface area (Å²) in [7, 11) is 0. The lowest BCUT2D eigenvalue weighted by Gasteiger charge is -2.15. The second-order valence-electron chi connectivity index (χ2n) is 7.33. The van der Waals surface area contributed by atoms with Crippen LogP contribution in [0.2, 0.25) is 5.02 Å². The fourth-order valence-electron chi connectivity index (χ4n) is 3.36. The van der Waals surface area contributed by atoms with E-state index in [1.165, 1.54) is 0 Å². The number of aromatic nitrogens is 1. The van der Waals surface area contributed by atoms with Gasteiger partial charge in [0.15, 0.2) is 0 Å². The Hall–Kier alpha value is -2.43. The Kier molecular flexibility index (Phi) is 7.62. The summed E-state index contributed by atoms with van der Waals surface area (Å²) in [5.41, 5.74) is 3.68. The molecule has 4 nitrogen and oxygen atoms in total. The van der Waals surface area contributed by atoms with E-state index in [9.17, 15) is 4.79 Å². The summed E-state index contributed by atoms with van der Waals surface area (Å²) in [5, 5.41) is 7.76. The number of fused-ring (bicyclic) bond motifs is 1. The maximum absolute atomic E-state index is 12.8. The molecule has 3 rings (SSSR count). The molecule has 2 aromatic carbocycles. The van der Waals surface area contributed by atoms with E-state index in [1.54, 1.807) is 6.07 Å². The number of nitrogens with one attached hydrogen (secondary N) is 2. The molecule has 5 heteroatoms. The zero-order valence-electron chi connectivity index (χ0n) is 17.0. The summed E-state index contributed by atoms with van der Waals surface area (Å²) in [6.07, 6.45) is 2.64. The number of rotatable bonds is 9. The van der Waals surface area contributed by atoms with Gasteiger partial charge < -0.3 is 10.6 Å². The molecule has 0 fully saturated rings. The number of halogens is 1. The molecule has 1 atom stereocenters. The lowest BCUT2D eigenvalue weighted by Crippen LogP contribution is -2.22. The van der Waals surface area contributed by atoms with E-state index < -0.39 is 0 Å². The normalized spacial score (nSPS) is 12.1. The van der Waals surface area contributed by atoms with Crippen LogP contribution in [-0.4, -0.2) is 24.0 Å². The number of aryl methyl sites for hydroxylation is 1. The Bertz CT molecular complexity index is 959. The first-order valence-electron chi connectivity index (χ1n) is 10.2. The van der Waals surface area contributed by atoms with E-state index in [4.69, 9.17) is 16.6 Å². The van der Waals surface area contributed by atoms with Crippen molar-refractivity contribution in [3.8, 4) is 0 Å². The summed E-state index contributed by atoms with van der Waals surface area (Å²) < 4.78 is 0. The zero-order chi connectivity index (χ0) is 20.6. The van der Waals surface area contributed by atoms with Gasteiger partial charge in [-0.25, -0.2) is 0 Å². The van der Waals surface area contributed by atoms with Crippen molar-refractivity contribution < 1.29 is 4.79 Å². The van der Waals surface area contributed by atoms with Crippen molar-refractivity contribution in [2.45, 2.75) is 33.1 Å². The van der Waals surface area contributed by atoms with Crippen LogP contribution in [0.5, 0.6) is 0 Å². The topological polar surface area (TPSA) is 54.0 Å². The third-order valence-corrected chi connectivity index (χ3v) is 5.31. The van der Waals surface area contributed by atoms with E-state index in [2.05, 4.69) is 17.6 Å². The minimum absolute atomic E-state index is 0.0435. The first-order valence-corrected chi connectivity index (χ1v) is 10.6. The molecule has 2 N–H and O–H groups in total. The number of anilines is 1. The van der Waals surface area contributed by atoms with Crippen molar-refractivity contribution in [1.29, 1.82) is 0 Å². The monoisotopic (exact) mass is 409 g/mol. The third-order valence-electron chi connectivity index (χ3n) is 5.00. The van der Waals surface area contributed by atoms with Gasteiger partial charge in [-0.05, 0) is 62.2 Å². The number of benzene rings is 2. The summed E-state index contributed by atoms with van der Waals surface area (Å²) in [6, 6.07) is 17.8. The highest BCUT2D eigenvalue weighted by molar-refractivity contribution is 6.35. The molecule has 0 saturated carbocycles. The largest absolute Gasteiger partial charge is 0.324 e.